The van der Waals surface area contributed by atoms with Gasteiger partial charge in [-0.15, -0.1) is 5.10 Å². The van der Waals surface area contributed by atoms with Crippen LogP contribution in [0.4, 0.5) is 0 Å². The Morgan fingerprint density at radius 3 is 2.83 bits per heavy atom. The summed E-state index contributed by atoms with van der Waals surface area (Å²) in [5.74, 6) is -0.109. The molecule has 29 heavy (non-hydrogen) atoms. The van der Waals surface area contributed by atoms with Crippen LogP contribution in [0.1, 0.15) is 30.5 Å². The first kappa shape index (κ1) is 18.9. The SMILES string of the molecule is Cc1ccc2cc(C)c3nn(CCNC(=O)C[C@H](C)n4cncn4)c(=O)n3c2c1. The first-order chi connectivity index (χ1) is 13.9. The minimum atomic E-state index is -0.204. The minimum Gasteiger partial charge on any atom is -0.354 e. The molecule has 0 saturated carbocycles. The van der Waals surface area contributed by atoms with Crippen LogP contribution in [0.15, 0.2) is 41.7 Å². The third-order valence-corrected chi connectivity index (χ3v) is 5.01. The fraction of sp³-hybridized carbons (Fsp3) is 0.350. The predicted molar refractivity (Wildman–Crippen MR) is 109 cm³/mol. The lowest BCUT2D eigenvalue weighted by molar-refractivity contribution is -0.121. The number of benzene rings is 1. The van der Waals surface area contributed by atoms with Gasteiger partial charge in [0.05, 0.1) is 18.1 Å². The molecule has 3 heterocycles. The summed E-state index contributed by atoms with van der Waals surface area (Å²) in [6, 6.07) is 7.97. The Labute approximate surface area is 167 Å². The van der Waals surface area contributed by atoms with Crippen molar-refractivity contribution in [2.75, 3.05) is 6.54 Å². The molecular formula is C20H23N7O2. The summed E-state index contributed by atoms with van der Waals surface area (Å²) < 4.78 is 4.69. The van der Waals surface area contributed by atoms with Gasteiger partial charge in [-0.25, -0.2) is 23.5 Å². The van der Waals surface area contributed by atoms with Gasteiger partial charge in [-0.3, -0.25) is 4.79 Å². The lowest BCUT2D eigenvalue weighted by atomic mass is 10.1. The fourth-order valence-corrected chi connectivity index (χ4v) is 3.47. The molecule has 0 aliphatic heterocycles. The number of nitrogens with one attached hydrogen (secondary N) is 1. The molecule has 0 unspecified atom stereocenters. The summed E-state index contributed by atoms with van der Waals surface area (Å²) in [5, 5.41) is 12.4. The Balaban J connectivity index is 1.50. The van der Waals surface area contributed by atoms with E-state index < -0.39 is 0 Å². The monoisotopic (exact) mass is 393 g/mol. The third-order valence-electron chi connectivity index (χ3n) is 5.01. The molecule has 1 atom stereocenters. The zero-order chi connectivity index (χ0) is 20.5. The quantitative estimate of drug-likeness (QED) is 0.537. The van der Waals surface area contributed by atoms with Crippen molar-refractivity contribution < 1.29 is 4.79 Å². The Bertz CT molecular complexity index is 1240. The van der Waals surface area contributed by atoms with Gasteiger partial charge in [-0.2, -0.15) is 5.10 Å². The molecule has 3 aromatic heterocycles. The first-order valence-electron chi connectivity index (χ1n) is 9.54. The Morgan fingerprint density at radius 2 is 2.07 bits per heavy atom. The fourth-order valence-electron chi connectivity index (χ4n) is 3.47. The zero-order valence-electron chi connectivity index (χ0n) is 16.7. The van der Waals surface area contributed by atoms with E-state index in [1.807, 2.05) is 45.0 Å². The van der Waals surface area contributed by atoms with Crippen LogP contribution >= 0.6 is 0 Å². The van der Waals surface area contributed by atoms with Gasteiger partial charge in [0.25, 0.3) is 0 Å². The summed E-state index contributed by atoms with van der Waals surface area (Å²) in [7, 11) is 0. The largest absolute Gasteiger partial charge is 0.354 e. The van der Waals surface area contributed by atoms with E-state index in [1.165, 1.54) is 11.0 Å². The molecule has 150 valence electrons. The van der Waals surface area contributed by atoms with E-state index in [9.17, 15) is 9.59 Å². The molecule has 0 aliphatic carbocycles. The average Bonchev–Trinajstić information content (AvgIpc) is 3.32. The average molecular weight is 393 g/mol. The summed E-state index contributed by atoms with van der Waals surface area (Å²) in [6.45, 7) is 6.46. The maximum absolute atomic E-state index is 12.9. The van der Waals surface area contributed by atoms with Gasteiger partial charge in [0.15, 0.2) is 5.65 Å². The number of aryl methyl sites for hydroxylation is 2. The van der Waals surface area contributed by atoms with Gasteiger partial charge in [-0.05, 0) is 49.4 Å². The topological polar surface area (TPSA) is 99.1 Å². The molecule has 0 radical (unpaired) electrons. The number of nitrogens with zero attached hydrogens (tertiary/aromatic N) is 6. The van der Waals surface area contributed by atoms with Crippen molar-refractivity contribution in [2.24, 2.45) is 0 Å². The second-order valence-corrected chi connectivity index (χ2v) is 7.33. The highest BCUT2D eigenvalue weighted by Gasteiger charge is 2.14. The number of carbonyl (C=O) groups excluding carboxylic acids is 1. The number of amides is 1. The van der Waals surface area contributed by atoms with E-state index in [2.05, 4.69) is 20.5 Å². The molecule has 9 nitrogen and oxygen atoms in total. The lowest BCUT2D eigenvalue weighted by Crippen LogP contribution is -2.32. The molecule has 0 saturated heterocycles. The second-order valence-electron chi connectivity index (χ2n) is 7.33. The third kappa shape index (κ3) is 3.63. The molecule has 1 N–H and O–H groups in total. The minimum absolute atomic E-state index is 0.0901. The Hall–Kier alpha value is -3.49. The number of rotatable bonds is 6. The summed E-state index contributed by atoms with van der Waals surface area (Å²) in [4.78, 5) is 29.0. The van der Waals surface area contributed by atoms with Gasteiger partial charge in [0.2, 0.25) is 5.91 Å². The van der Waals surface area contributed by atoms with Crippen molar-refractivity contribution in [3.05, 3.63) is 58.5 Å². The van der Waals surface area contributed by atoms with Crippen LogP contribution in [-0.4, -0.2) is 41.4 Å². The number of hydrogen-bond acceptors (Lipinski definition) is 5. The van der Waals surface area contributed by atoms with Gasteiger partial charge >= 0.3 is 5.69 Å². The van der Waals surface area contributed by atoms with Crippen molar-refractivity contribution in [3.8, 4) is 0 Å². The highest BCUT2D eigenvalue weighted by Crippen LogP contribution is 2.19. The van der Waals surface area contributed by atoms with Crippen LogP contribution in [0.25, 0.3) is 16.6 Å². The number of fused-ring (bicyclic) bond motifs is 3. The van der Waals surface area contributed by atoms with Crippen molar-refractivity contribution in [2.45, 2.75) is 39.8 Å². The molecule has 4 rings (SSSR count). The number of aromatic nitrogens is 6. The van der Waals surface area contributed by atoms with Gasteiger partial charge in [0.1, 0.15) is 12.7 Å². The molecule has 0 aliphatic rings. The van der Waals surface area contributed by atoms with E-state index in [0.29, 0.717) is 18.7 Å². The standard InChI is InChI=1S/C20H23N7O2/c1-13-4-5-16-9-14(2)19-24-25(20(29)27(19)17(16)8-13)7-6-22-18(28)10-15(3)26-12-21-11-23-26/h4-5,8-9,11-12,15H,6-7,10H2,1-3H3,(H,22,28)/t15-/m0/s1. The van der Waals surface area contributed by atoms with E-state index in [1.54, 1.807) is 15.4 Å². The van der Waals surface area contributed by atoms with Crippen LogP contribution in [0.5, 0.6) is 0 Å². The zero-order valence-corrected chi connectivity index (χ0v) is 16.7. The van der Waals surface area contributed by atoms with Crippen LogP contribution in [0.3, 0.4) is 0 Å². The maximum Gasteiger partial charge on any atom is 0.350 e. The van der Waals surface area contributed by atoms with Crippen LogP contribution in [-0.2, 0) is 11.3 Å². The molecule has 1 aromatic carbocycles. The van der Waals surface area contributed by atoms with Crippen LogP contribution in [0, 0.1) is 13.8 Å². The summed E-state index contributed by atoms with van der Waals surface area (Å²) in [5.41, 5.74) is 3.29. The van der Waals surface area contributed by atoms with E-state index in [4.69, 9.17) is 0 Å². The number of pyridine rings is 1. The molecule has 0 fully saturated rings. The van der Waals surface area contributed by atoms with E-state index in [0.717, 1.165) is 22.0 Å². The highest BCUT2D eigenvalue weighted by molar-refractivity contribution is 5.84. The van der Waals surface area contributed by atoms with Gasteiger partial charge in [0, 0.05) is 13.0 Å². The van der Waals surface area contributed by atoms with E-state index >= 15 is 0 Å². The van der Waals surface area contributed by atoms with Crippen LogP contribution < -0.4 is 11.0 Å². The molecule has 9 heteroatoms. The maximum atomic E-state index is 12.9. The van der Waals surface area contributed by atoms with E-state index in [-0.39, 0.29) is 24.1 Å². The van der Waals surface area contributed by atoms with Gasteiger partial charge in [-0.1, -0.05) is 12.1 Å². The van der Waals surface area contributed by atoms with Gasteiger partial charge < -0.3 is 5.32 Å². The second kappa shape index (κ2) is 7.50. The normalized spacial score (nSPS) is 12.5. The summed E-state index contributed by atoms with van der Waals surface area (Å²) >= 11 is 0. The van der Waals surface area contributed by atoms with Crippen molar-refractivity contribution in [1.82, 2.24) is 34.3 Å². The van der Waals surface area contributed by atoms with Crippen molar-refractivity contribution in [1.29, 1.82) is 0 Å². The molecule has 0 spiro atoms. The Morgan fingerprint density at radius 1 is 1.24 bits per heavy atom. The molecule has 1 amide bonds. The van der Waals surface area contributed by atoms with Crippen molar-refractivity contribution in [3.63, 3.8) is 0 Å². The Kier molecular flexibility index (Phi) is 4.87. The summed E-state index contributed by atoms with van der Waals surface area (Å²) in [6.07, 6.45) is 3.31. The first-order valence-corrected chi connectivity index (χ1v) is 9.54. The highest BCUT2D eigenvalue weighted by atomic mass is 16.2. The molecule has 0 bridgehead atoms. The predicted octanol–water partition coefficient (Wildman–Crippen LogP) is 1.63. The number of carbonyl (C=O) groups is 1. The molecular weight excluding hydrogens is 370 g/mol. The van der Waals surface area contributed by atoms with Crippen LogP contribution in [0.2, 0.25) is 0 Å². The molecule has 4 aromatic rings. The number of hydrogen-bond donors (Lipinski definition) is 1. The smallest absolute Gasteiger partial charge is 0.350 e. The van der Waals surface area contributed by atoms with Crippen molar-refractivity contribution >= 4 is 22.5 Å². The lowest BCUT2D eigenvalue weighted by Gasteiger charge is -2.11.